The van der Waals surface area contributed by atoms with E-state index in [1.165, 1.54) is 6.07 Å². The quantitative estimate of drug-likeness (QED) is 0.912. The van der Waals surface area contributed by atoms with Gasteiger partial charge in [-0.05, 0) is 32.3 Å². The van der Waals surface area contributed by atoms with Gasteiger partial charge in [0.05, 0.1) is 18.8 Å². The lowest BCUT2D eigenvalue weighted by Gasteiger charge is -2.39. The van der Waals surface area contributed by atoms with Crippen LogP contribution in [0.2, 0.25) is 5.02 Å². The highest BCUT2D eigenvalue weighted by atomic mass is 35.5. The zero-order valence-electron chi connectivity index (χ0n) is 10.6. The number of morpholine rings is 1. The lowest BCUT2D eigenvalue weighted by atomic mass is 9.98. The van der Waals surface area contributed by atoms with E-state index in [2.05, 4.69) is 10.2 Å². The monoisotopic (exact) mass is 272 g/mol. The Labute approximate surface area is 112 Å². The number of ether oxygens (including phenoxy) is 1. The minimum Gasteiger partial charge on any atom is -0.374 e. The molecule has 1 aliphatic rings. The number of halogens is 2. The first-order valence-electron chi connectivity index (χ1n) is 6.05. The van der Waals surface area contributed by atoms with E-state index in [-0.39, 0.29) is 18.0 Å². The van der Waals surface area contributed by atoms with E-state index in [4.69, 9.17) is 16.3 Å². The Balaban J connectivity index is 2.33. The second-order valence-electron chi connectivity index (χ2n) is 4.56. The van der Waals surface area contributed by atoms with Gasteiger partial charge in [0.2, 0.25) is 0 Å². The summed E-state index contributed by atoms with van der Waals surface area (Å²) in [7, 11) is 3.85. The lowest BCUT2D eigenvalue weighted by Crippen LogP contribution is -2.47. The molecule has 1 aliphatic heterocycles. The first-order chi connectivity index (χ1) is 8.63. The molecule has 1 aromatic carbocycles. The van der Waals surface area contributed by atoms with Crippen LogP contribution in [0.3, 0.4) is 0 Å². The van der Waals surface area contributed by atoms with Gasteiger partial charge >= 0.3 is 0 Å². The van der Waals surface area contributed by atoms with Gasteiger partial charge in [-0.15, -0.1) is 0 Å². The first kappa shape index (κ1) is 13.7. The molecule has 0 bridgehead atoms. The number of likely N-dealkylation sites (N-methyl/N-ethyl adjacent to an activating group) is 2. The number of nitrogens with one attached hydrogen (secondary N) is 1. The molecule has 1 heterocycles. The molecule has 0 saturated carbocycles. The second-order valence-corrected chi connectivity index (χ2v) is 4.99. The highest BCUT2D eigenvalue weighted by Gasteiger charge is 2.32. The molecule has 2 unspecified atom stereocenters. The minimum absolute atomic E-state index is 0.0679. The van der Waals surface area contributed by atoms with Gasteiger partial charge in [-0.2, -0.15) is 0 Å². The molecule has 0 radical (unpaired) electrons. The van der Waals surface area contributed by atoms with Crippen LogP contribution < -0.4 is 5.32 Å². The molecule has 100 valence electrons. The average molecular weight is 273 g/mol. The van der Waals surface area contributed by atoms with Crippen molar-refractivity contribution in [1.29, 1.82) is 0 Å². The molecule has 0 aromatic heterocycles. The van der Waals surface area contributed by atoms with Crippen LogP contribution in [-0.4, -0.2) is 44.8 Å². The second kappa shape index (κ2) is 5.97. The summed E-state index contributed by atoms with van der Waals surface area (Å²) >= 11 is 5.97. The van der Waals surface area contributed by atoms with Crippen LogP contribution in [0.15, 0.2) is 18.2 Å². The summed E-state index contributed by atoms with van der Waals surface area (Å²) in [6, 6.07) is 4.56. The van der Waals surface area contributed by atoms with Crippen LogP contribution in [-0.2, 0) is 4.74 Å². The van der Waals surface area contributed by atoms with Crippen LogP contribution in [0.5, 0.6) is 0 Å². The third-order valence-corrected chi connectivity index (χ3v) is 3.52. The molecule has 2 rings (SSSR count). The van der Waals surface area contributed by atoms with Crippen LogP contribution in [0.25, 0.3) is 0 Å². The van der Waals surface area contributed by atoms with Gasteiger partial charge in [0.25, 0.3) is 0 Å². The summed E-state index contributed by atoms with van der Waals surface area (Å²) in [5.41, 5.74) is 0.602. The number of rotatable bonds is 3. The lowest BCUT2D eigenvalue weighted by molar-refractivity contribution is -0.0616. The summed E-state index contributed by atoms with van der Waals surface area (Å²) in [5, 5.41) is 3.63. The molecule has 0 spiro atoms. The van der Waals surface area contributed by atoms with Crippen molar-refractivity contribution in [3.8, 4) is 0 Å². The molecule has 1 aromatic rings. The van der Waals surface area contributed by atoms with Crippen molar-refractivity contribution in [2.75, 3.05) is 33.8 Å². The molecule has 0 aliphatic carbocycles. The molecule has 1 N–H and O–H groups in total. The fourth-order valence-corrected chi connectivity index (χ4v) is 2.59. The van der Waals surface area contributed by atoms with Crippen molar-refractivity contribution < 1.29 is 9.13 Å². The maximum atomic E-state index is 14.0. The first-order valence-corrected chi connectivity index (χ1v) is 6.42. The average Bonchev–Trinajstić information content (AvgIpc) is 2.34. The predicted molar refractivity (Wildman–Crippen MR) is 70.4 cm³/mol. The summed E-state index contributed by atoms with van der Waals surface area (Å²) in [5.74, 6) is -0.233. The van der Waals surface area contributed by atoms with Gasteiger partial charge in [0.1, 0.15) is 5.82 Å². The van der Waals surface area contributed by atoms with Crippen molar-refractivity contribution >= 4 is 11.6 Å². The van der Waals surface area contributed by atoms with E-state index in [9.17, 15) is 4.39 Å². The number of hydrogen-bond donors (Lipinski definition) is 1. The van der Waals surface area contributed by atoms with E-state index in [0.29, 0.717) is 23.7 Å². The molecule has 2 atom stereocenters. The van der Waals surface area contributed by atoms with Crippen molar-refractivity contribution in [1.82, 2.24) is 10.2 Å². The van der Waals surface area contributed by atoms with Gasteiger partial charge in [0, 0.05) is 23.7 Å². The summed E-state index contributed by atoms with van der Waals surface area (Å²) < 4.78 is 19.7. The predicted octanol–water partition coefficient (Wildman–Crippen LogP) is 2.07. The van der Waals surface area contributed by atoms with Crippen LogP contribution in [0, 0.1) is 5.82 Å². The zero-order chi connectivity index (χ0) is 13.1. The Morgan fingerprint density at radius 2 is 2.33 bits per heavy atom. The van der Waals surface area contributed by atoms with Gasteiger partial charge in [-0.3, -0.25) is 4.90 Å². The van der Waals surface area contributed by atoms with Crippen LogP contribution in [0.1, 0.15) is 11.6 Å². The Kier molecular flexibility index (Phi) is 4.56. The number of nitrogens with zero attached hydrogens (tertiary/aromatic N) is 1. The third kappa shape index (κ3) is 2.83. The van der Waals surface area contributed by atoms with Crippen molar-refractivity contribution in [3.05, 3.63) is 34.6 Å². The van der Waals surface area contributed by atoms with Crippen molar-refractivity contribution in [2.45, 2.75) is 12.1 Å². The van der Waals surface area contributed by atoms with Gasteiger partial charge in [-0.1, -0.05) is 11.6 Å². The fraction of sp³-hybridized carbons (Fsp3) is 0.538. The van der Waals surface area contributed by atoms with Crippen molar-refractivity contribution in [2.24, 2.45) is 0 Å². The van der Waals surface area contributed by atoms with Gasteiger partial charge in [0.15, 0.2) is 0 Å². The van der Waals surface area contributed by atoms with E-state index < -0.39 is 0 Å². The SMILES string of the molecule is CNCC1OCCN(C)C1c1cc(Cl)ccc1F. The van der Waals surface area contributed by atoms with Crippen LogP contribution >= 0.6 is 11.6 Å². The number of hydrogen-bond acceptors (Lipinski definition) is 3. The van der Waals surface area contributed by atoms with Crippen molar-refractivity contribution in [3.63, 3.8) is 0 Å². The molecule has 1 saturated heterocycles. The third-order valence-electron chi connectivity index (χ3n) is 3.28. The molecule has 0 amide bonds. The number of benzene rings is 1. The van der Waals surface area contributed by atoms with Gasteiger partial charge in [-0.25, -0.2) is 4.39 Å². The summed E-state index contributed by atoms with van der Waals surface area (Å²) in [6.45, 7) is 2.14. The zero-order valence-corrected chi connectivity index (χ0v) is 11.4. The Hall–Kier alpha value is -0.680. The molecule has 1 fully saturated rings. The maximum Gasteiger partial charge on any atom is 0.128 e. The molecule has 5 heteroatoms. The largest absolute Gasteiger partial charge is 0.374 e. The Morgan fingerprint density at radius 3 is 3.06 bits per heavy atom. The maximum absolute atomic E-state index is 14.0. The molecule has 3 nitrogen and oxygen atoms in total. The summed E-state index contributed by atoms with van der Waals surface area (Å²) in [4.78, 5) is 2.11. The van der Waals surface area contributed by atoms with E-state index in [0.717, 1.165) is 6.54 Å². The summed E-state index contributed by atoms with van der Waals surface area (Å²) in [6.07, 6.45) is -0.0679. The Bertz CT molecular complexity index is 414. The smallest absolute Gasteiger partial charge is 0.128 e. The normalized spacial score (nSPS) is 25.3. The van der Waals surface area contributed by atoms with E-state index in [1.54, 1.807) is 12.1 Å². The molecular formula is C13H18ClFN2O. The fourth-order valence-electron chi connectivity index (χ4n) is 2.41. The Morgan fingerprint density at radius 1 is 1.56 bits per heavy atom. The van der Waals surface area contributed by atoms with E-state index >= 15 is 0 Å². The van der Waals surface area contributed by atoms with Gasteiger partial charge < -0.3 is 10.1 Å². The highest BCUT2D eigenvalue weighted by Crippen LogP contribution is 2.31. The standard InChI is InChI=1S/C13H18ClFN2O/c1-16-8-12-13(17(2)5-6-18-12)10-7-9(14)3-4-11(10)15/h3-4,7,12-13,16H,5-6,8H2,1-2H3. The molecule has 18 heavy (non-hydrogen) atoms. The minimum atomic E-state index is -0.233. The van der Waals surface area contributed by atoms with Crippen LogP contribution in [0.4, 0.5) is 4.39 Å². The van der Waals surface area contributed by atoms with E-state index in [1.807, 2.05) is 14.1 Å². The highest BCUT2D eigenvalue weighted by molar-refractivity contribution is 6.30. The topological polar surface area (TPSA) is 24.5 Å². The molecular weight excluding hydrogens is 255 g/mol.